The number of nitrogens with one attached hydrogen (secondary N) is 1. The maximum atomic E-state index is 13.2. The molecule has 1 aromatic heterocycles. The molecule has 0 unspecified atom stereocenters. The second kappa shape index (κ2) is 7.40. The fraction of sp³-hybridized carbons (Fsp3) is 0. The minimum atomic E-state index is -0.444. The monoisotopic (exact) mass is 333 g/mol. The number of anilines is 1. The zero-order chi connectivity index (χ0) is 17.6. The van der Waals surface area contributed by atoms with Crippen LogP contribution < -0.4 is 11.1 Å². The van der Waals surface area contributed by atoms with Crippen LogP contribution in [0.1, 0.15) is 5.56 Å². The van der Waals surface area contributed by atoms with Crippen molar-refractivity contribution in [1.82, 2.24) is 4.98 Å². The average Bonchev–Trinajstić information content (AvgIpc) is 2.63. The van der Waals surface area contributed by atoms with Crippen molar-refractivity contribution in [1.29, 1.82) is 0 Å². The normalized spacial score (nSPS) is 11.2. The summed E-state index contributed by atoms with van der Waals surface area (Å²) in [7, 11) is 0. The Balaban J connectivity index is 1.70. The van der Waals surface area contributed by atoms with E-state index in [9.17, 15) is 9.18 Å². The molecule has 0 spiro atoms. The zero-order valence-corrected chi connectivity index (χ0v) is 13.3. The Bertz CT molecular complexity index is 906. The second-order valence-electron chi connectivity index (χ2n) is 5.42. The molecular formula is C20H16FN3O. The topological polar surface area (TPSA) is 68.0 Å². The van der Waals surface area contributed by atoms with Gasteiger partial charge in [-0.1, -0.05) is 24.3 Å². The smallest absolute Gasteiger partial charge is 0.271 e. The molecule has 25 heavy (non-hydrogen) atoms. The molecule has 5 heteroatoms. The lowest BCUT2D eigenvalue weighted by Crippen LogP contribution is -2.19. The van der Waals surface area contributed by atoms with E-state index >= 15 is 0 Å². The number of carbonyl (C=O) groups is 1. The number of nitrogens with zero attached hydrogens (tertiary/aromatic N) is 1. The van der Waals surface area contributed by atoms with Crippen LogP contribution in [0.5, 0.6) is 0 Å². The number of hydrogen-bond donors (Lipinski definition) is 2. The number of carbonyl (C=O) groups excluding carboxylic acids is 1. The highest BCUT2D eigenvalue weighted by Crippen LogP contribution is 2.20. The number of halogens is 1. The average molecular weight is 333 g/mol. The van der Waals surface area contributed by atoms with Gasteiger partial charge in [0.2, 0.25) is 0 Å². The Morgan fingerprint density at radius 3 is 2.36 bits per heavy atom. The summed E-state index contributed by atoms with van der Waals surface area (Å²) in [5, 5.41) is 2.72. The van der Waals surface area contributed by atoms with Gasteiger partial charge in [0, 0.05) is 18.1 Å². The molecule has 3 aromatic rings. The molecule has 1 amide bonds. The van der Waals surface area contributed by atoms with Gasteiger partial charge in [0.25, 0.3) is 5.91 Å². The van der Waals surface area contributed by atoms with Crippen molar-refractivity contribution < 1.29 is 9.18 Å². The first-order chi connectivity index (χ1) is 12.1. The molecule has 0 atom stereocenters. The molecule has 124 valence electrons. The molecular weight excluding hydrogens is 317 g/mol. The van der Waals surface area contributed by atoms with Crippen LogP contribution in [-0.2, 0) is 4.79 Å². The van der Waals surface area contributed by atoms with Crippen LogP contribution in [0.3, 0.4) is 0 Å². The van der Waals surface area contributed by atoms with Crippen molar-refractivity contribution in [3.05, 3.63) is 90.1 Å². The number of nitrogens with two attached hydrogens (primary N) is 1. The molecule has 0 fully saturated rings. The third-order valence-electron chi connectivity index (χ3n) is 3.59. The maximum absolute atomic E-state index is 13.2. The van der Waals surface area contributed by atoms with E-state index in [0.717, 1.165) is 11.1 Å². The van der Waals surface area contributed by atoms with Crippen LogP contribution in [0, 0.1) is 5.82 Å². The van der Waals surface area contributed by atoms with Gasteiger partial charge in [-0.2, -0.15) is 0 Å². The molecule has 0 aliphatic carbocycles. The van der Waals surface area contributed by atoms with E-state index in [0.29, 0.717) is 11.3 Å². The molecule has 0 saturated heterocycles. The van der Waals surface area contributed by atoms with Crippen LogP contribution >= 0.6 is 0 Å². The number of hydrogen-bond acceptors (Lipinski definition) is 3. The largest absolute Gasteiger partial charge is 0.394 e. The van der Waals surface area contributed by atoms with Gasteiger partial charge < -0.3 is 11.1 Å². The van der Waals surface area contributed by atoms with E-state index in [1.54, 1.807) is 36.7 Å². The van der Waals surface area contributed by atoms with E-state index in [-0.39, 0.29) is 11.5 Å². The minimum Gasteiger partial charge on any atom is -0.394 e. The number of pyridine rings is 1. The Labute approximate surface area is 144 Å². The van der Waals surface area contributed by atoms with Gasteiger partial charge >= 0.3 is 0 Å². The third kappa shape index (κ3) is 4.29. The Morgan fingerprint density at radius 1 is 1.00 bits per heavy atom. The van der Waals surface area contributed by atoms with E-state index in [2.05, 4.69) is 10.3 Å². The van der Waals surface area contributed by atoms with Gasteiger partial charge in [-0.05, 0) is 59.2 Å². The third-order valence-corrected chi connectivity index (χ3v) is 3.59. The molecule has 0 aliphatic heterocycles. The lowest BCUT2D eigenvalue weighted by atomic mass is 10.1. The van der Waals surface area contributed by atoms with Crippen LogP contribution in [-0.4, -0.2) is 10.9 Å². The van der Waals surface area contributed by atoms with E-state index in [1.807, 2.05) is 24.3 Å². The Kier molecular flexibility index (Phi) is 4.85. The lowest BCUT2D eigenvalue weighted by molar-refractivity contribution is -0.112. The summed E-state index contributed by atoms with van der Waals surface area (Å²) in [6.45, 7) is 0. The van der Waals surface area contributed by atoms with E-state index < -0.39 is 5.91 Å². The Hall–Kier alpha value is -3.47. The van der Waals surface area contributed by atoms with Crippen molar-refractivity contribution in [2.45, 2.75) is 0 Å². The first-order valence-corrected chi connectivity index (χ1v) is 7.66. The van der Waals surface area contributed by atoms with Gasteiger partial charge in [-0.3, -0.25) is 9.78 Å². The van der Waals surface area contributed by atoms with Gasteiger partial charge in [-0.15, -0.1) is 0 Å². The molecule has 0 bridgehead atoms. The summed E-state index contributed by atoms with van der Waals surface area (Å²) in [5.74, 6) is -0.824. The molecule has 2 aromatic carbocycles. The molecule has 1 heterocycles. The molecule has 3 rings (SSSR count). The second-order valence-corrected chi connectivity index (χ2v) is 5.42. The highest BCUT2D eigenvalue weighted by molar-refractivity contribution is 6.06. The first kappa shape index (κ1) is 16.4. The van der Waals surface area contributed by atoms with Crippen LogP contribution in [0.4, 0.5) is 10.1 Å². The molecule has 4 nitrogen and oxygen atoms in total. The van der Waals surface area contributed by atoms with Crippen molar-refractivity contribution >= 4 is 17.7 Å². The number of benzene rings is 2. The van der Waals surface area contributed by atoms with Crippen molar-refractivity contribution in [2.24, 2.45) is 5.73 Å². The highest BCUT2D eigenvalue weighted by Gasteiger charge is 2.07. The summed E-state index contributed by atoms with van der Waals surface area (Å²) in [6, 6.07) is 17.1. The molecule has 0 aliphatic rings. The summed E-state index contributed by atoms with van der Waals surface area (Å²) >= 11 is 0. The van der Waals surface area contributed by atoms with E-state index in [1.165, 1.54) is 18.2 Å². The maximum Gasteiger partial charge on any atom is 0.271 e. The molecule has 0 radical (unpaired) electrons. The van der Waals surface area contributed by atoms with Crippen LogP contribution in [0.15, 0.2) is 78.8 Å². The number of aromatic nitrogens is 1. The summed E-state index contributed by atoms with van der Waals surface area (Å²) < 4.78 is 13.2. The zero-order valence-electron chi connectivity index (χ0n) is 13.3. The standard InChI is InChI=1S/C20H16FN3O/c21-17-3-1-2-14(12-17)13-19(22)20(25)24-18-6-4-15(5-7-18)16-8-10-23-11-9-16/h1-13H,22H2,(H,24,25)/b19-13-. The van der Waals surface area contributed by atoms with Gasteiger partial charge in [-0.25, -0.2) is 4.39 Å². The van der Waals surface area contributed by atoms with Crippen molar-refractivity contribution in [2.75, 3.05) is 5.32 Å². The van der Waals surface area contributed by atoms with Gasteiger partial charge in [0.05, 0.1) is 5.70 Å². The minimum absolute atomic E-state index is 0.00353. The van der Waals surface area contributed by atoms with E-state index in [4.69, 9.17) is 5.73 Å². The fourth-order valence-electron chi connectivity index (χ4n) is 2.34. The summed E-state index contributed by atoms with van der Waals surface area (Å²) in [5.41, 5.74) is 9.00. The summed E-state index contributed by atoms with van der Waals surface area (Å²) in [4.78, 5) is 16.1. The van der Waals surface area contributed by atoms with Crippen LogP contribution in [0.2, 0.25) is 0 Å². The number of amides is 1. The van der Waals surface area contributed by atoms with Gasteiger partial charge in [0.15, 0.2) is 0 Å². The Morgan fingerprint density at radius 2 is 1.68 bits per heavy atom. The molecule has 0 saturated carbocycles. The quantitative estimate of drug-likeness (QED) is 0.713. The lowest BCUT2D eigenvalue weighted by Gasteiger charge is -2.07. The fourth-order valence-corrected chi connectivity index (χ4v) is 2.34. The predicted octanol–water partition coefficient (Wildman–Crippen LogP) is 3.83. The van der Waals surface area contributed by atoms with Crippen molar-refractivity contribution in [3.8, 4) is 11.1 Å². The predicted molar refractivity (Wildman–Crippen MR) is 96.9 cm³/mol. The number of rotatable bonds is 4. The highest BCUT2D eigenvalue weighted by atomic mass is 19.1. The van der Waals surface area contributed by atoms with Gasteiger partial charge in [0.1, 0.15) is 5.82 Å². The summed E-state index contributed by atoms with van der Waals surface area (Å²) in [6.07, 6.45) is 4.88. The van der Waals surface area contributed by atoms with Crippen LogP contribution in [0.25, 0.3) is 17.2 Å². The SMILES string of the molecule is N/C(=C\c1cccc(F)c1)C(=O)Nc1ccc(-c2ccncc2)cc1. The molecule has 3 N–H and O–H groups in total. The first-order valence-electron chi connectivity index (χ1n) is 7.66. The van der Waals surface area contributed by atoms with Crippen molar-refractivity contribution in [3.63, 3.8) is 0 Å².